The molecule has 2 heterocycles. The van der Waals surface area contributed by atoms with Gasteiger partial charge in [0.05, 0.1) is 0 Å². The third-order valence-corrected chi connectivity index (χ3v) is 2.19. The fraction of sp³-hybridized carbons (Fsp3) is 0.0833. The zero-order chi connectivity index (χ0) is 12.3. The molecule has 0 saturated heterocycles. The summed E-state index contributed by atoms with van der Waals surface area (Å²) in [5.74, 6) is -0.0387. The molecule has 86 valence electrons. The standard InChI is InChI=1S/C12H11N3O2/c1-8-4-2-6-10(14-8)15-12(17)9-5-3-7-13-11(9)16/h2-7H,1H3,(H,13,16)(H,14,15,17). The summed E-state index contributed by atoms with van der Waals surface area (Å²) in [6, 6.07) is 8.34. The summed E-state index contributed by atoms with van der Waals surface area (Å²) < 4.78 is 0. The van der Waals surface area contributed by atoms with Crippen LogP contribution in [0.2, 0.25) is 0 Å². The number of anilines is 1. The highest BCUT2D eigenvalue weighted by molar-refractivity contribution is 6.03. The normalized spacial score (nSPS) is 9.94. The van der Waals surface area contributed by atoms with Gasteiger partial charge in [0.15, 0.2) is 0 Å². The summed E-state index contributed by atoms with van der Waals surface area (Å²) in [4.78, 5) is 29.7. The molecule has 0 spiro atoms. The van der Waals surface area contributed by atoms with Crippen molar-refractivity contribution in [3.8, 4) is 0 Å². The van der Waals surface area contributed by atoms with Crippen molar-refractivity contribution in [2.24, 2.45) is 0 Å². The van der Waals surface area contributed by atoms with E-state index in [2.05, 4.69) is 15.3 Å². The number of nitrogens with zero attached hydrogens (tertiary/aromatic N) is 1. The highest BCUT2D eigenvalue weighted by Gasteiger charge is 2.10. The van der Waals surface area contributed by atoms with E-state index in [9.17, 15) is 9.59 Å². The number of aryl methyl sites for hydroxylation is 1. The van der Waals surface area contributed by atoms with E-state index in [1.54, 1.807) is 18.2 Å². The van der Waals surface area contributed by atoms with Gasteiger partial charge in [-0.25, -0.2) is 4.98 Å². The number of aromatic nitrogens is 2. The van der Waals surface area contributed by atoms with Gasteiger partial charge in [0.1, 0.15) is 11.4 Å². The van der Waals surface area contributed by atoms with Gasteiger partial charge in [0.25, 0.3) is 11.5 Å². The predicted molar refractivity (Wildman–Crippen MR) is 64.0 cm³/mol. The Hall–Kier alpha value is -2.43. The number of hydrogen-bond acceptors (Lipinski definition) is 3. The Morgan fingerprint density at radius 1 is 1.29 bits per heavy atom. The maximum Gasteiger partial charge on any atom is 0.262 e. The van der Waals surface area contributed by atoms with Crippen LogP contribution in [0.1, 0.15) is 16.1 Å². The lowest BCUT2D eigenvalue weighted by Crippen LogP contribution is -2.22. The molecule has 2 rings (SSSR count). The van der Waals surface area contributed by atoms with E-state index in [1.807, 2.05) is 13.0 Å². The number of amides is 1. The highest BCUT2D eigenvalue weighted by atomic mass is 16.2. The van der Waals surface area contributed by atoms with Crippen molar-refractivity contribution in [3.05, 3.63) is 58.1 Å². The molecule has 2 aromatic heterocycles. The molecule has 0 aliphatic heterocycles. The molecule has 5 nitrogen and oxygen atoms in total. The Morgan fingerprint density at radius 3 is 2.82 bits per heavy atom. The minimum atomic E-state index is -0.468. The predicted octanol–water partition coefficient (Wildman–Crippen LogP) is 1.33. The topological polar surface area (TPSA) is 74.8 Å². The van der Waals surface area contributed by atoms with E-state index in [0.717, 1.165) is 5.69 Å². The van der Waals surface area contributed by atoms with Crippen LogP contribution in [0, 0.1) is 6.92 Å². The van der Waals surface area contributed by atoms with Crippen LogP contribution >= 0.6 is 0 Å². The molecule has 0 atom stereocenters. The summed E-state index contributed by atoms with van der Waals surface area (Å²) in [6.45, 7) is 1.82. The molecular weight excluding hydrogens is 218 g/mol. The number of aromatic amines is 1. The number of nitrogens with one attached hydrogen (secondary N) is 2. The first-order chi connectivity index (χ1) is 8.16. The summed E-state index contributed by atoms with van der Waals surface area (Å²) in [6.07, 6.45) is 1.48. The monoisotopic (exact) mass is 229 g/mol. The average molecular weight is 229 g/mol. The molecule has 1 amide bonds. The zero-order valence-corrected chi connectivity index (χ0v) is 9.23. The highest BCUT2D eigenvalue weighted by Crippen LogP contribution is 2.05. The van der Waals surface area contributed by atoms with Gasteiger partial charge in [-0.15, -0.1) is 0 Å². The third kappa shape index (κ3) is 2.57. The van der Waals surface area contributed by atoms with E-state index in [-0.39, 0.29) is 5.56 Å². The van der Waals surface area contributed by atoms with Crippen molar-refractivity contribution in [1.29, 1.82) is 0 Å². The summed E-state index contributed by atoms with van der Waals surface area (Å²) >= 11 is 0. The molecule has 0 radical (unpaired) electrons. The maximum atomic E-state index is 11.8. The number of hydrogen-bond donors (Lipinski definition) is 2. The molecule has 0 fully saturated rings. The van der Waals surface area contributed by atoms with E-state index < -0.39 is 11.5 Å². The van der Waals surface area contributed by atoms with Crippen LogP contribution in [0.3, 0.4) is 0 Å². The van der Waals surface area contributed by atoms with Crippen LogP contribution < -0.4 is 10.9 Å². The molecule has 2 N–H and O–H groups in total. The fourth-order valence-electron chi connectivity index (χ4n) is 1.40. The number of carbonyl (C=O) groups excluding carboxylic acids is 1. The Balaban J connectivity index is 2.23. The Kier molecular flexibility index (Phi) is 3.00. The summed E-state index contributed by atoms with van der Waals surface area (Å²) in [7, 11) is 0. The fourth-order valence-corrected chi connectivity index (χ4v) is 1.40. The first kappa shape index (κ1) is 11.1. The SMILES string of the molecule is Cc1cccc(NC(=O)c2ccc[nH]c2=O)n1. The quantitative estimate of drug-likeness (QED) is 0.815. The summed E-state index contributed by atoms with van der Waals surface area (Å²) in [5, 5.41) is 2.57. The van der Waals surface area contributed by atoms with Gasteiger partial charge >= 0.3 is 0 Å². The summed E-state index contributed by atoms with van der Waals surface area (Å²) in [5.41, 5.74) is 0.443. The van der Waals surface area contributed by atoms with Crippen molar-refractivity contribution >= 4 is 11.7 Å². The van der Waals surface area contributed by atoms with Crippen molar-refractivity contribution in [1.82, 2.24) is 9.97 Å². The van der Waals surface area contributed by atoms with Crippen molar-refractivity contribution in [3.63, 3.8) is 0 Å². The van der Waals surface area contributed by atoms with Gasteiger partial charge in [-0.05, 0) is 31.2 Å². The van der Waals surface area contributed by atoms with E-state index in [0.29, 0.717) is 5.82 Å². The second-order valence-corrected chi connectivity index (χ2v) is 3.53. The molecule has 0 saturated carbocycles. The Bertz CT molecular complexity index is 604. The van der Waals surface area contributed by atoms with Crippen molar-refractivity contribution in [2.45, 2.75) is 6.92 Å². The first-order valence-electron chi connectivity index (χ1n) is 5.09. The molecular formula is C12H11N3O2. The molecule has 0 bridgehead atoms. The molecule has 0 aromatic carbocycles. The lowest BCUT2D eigenvalue weighted by atomic mass is 10.2. The molecule has 2 aromatic rings. The van der Waals surface area contributed by atoms with Crippen LogP contribution in [0.15, 0.2) is 41.3 Å². The van der Waals surface area contributed by atoms with Gasteiger partial charge in [0.2, 0.25) is 0 Å². The van der Waals surface area contributed by atoms with E-state index in [4.69, 9.17) is 0 Å². The number of carbonyl (C=O) groups is 1. The lowest BCUT2D eigenvalue weighted by Gasteiger charge is -2.03. The molecule has 0 unspecified atom stereocenters. The van der Waals surface area contributed by atoms with Crippen LogP contribution in [-0.4, -0.2) is 15.9 Å². The molecule has 0 aliphatic carbocycles. The van der Waals surface area contributed by atoms with Gasteiger partial charge in [-0.1, -0.05) is 6.07 Å². The van der Waals surface area contributed by atoms with Crippen LogP contribution in [0.25, 0.3) is 0 Å². The van der Waals surface area contributed by atoms with Crippen molar-refractivity contribution < 1.29 is 4.79 Å². The van der Waals surface area contributed by atoms with Gasteiger partial charge < -0.3 is 10.3 Å². The van der Waals surface area contributed by atoms with E-state index in [1.165, 1.54) is 12.3 Å². The second-order valence-electron chi connectivity index (χ2n) is 3.53. The van der Waals surface area contributed by atoms with E-state index >= 15 is 0 Å². The number of pyridine rings is 2. The first-order valence-corrected chi connectivity index (χ1v) is 5.09. The van der Waals surface area contributed by atoms with Crippen LogP contribution in [0.4, 0.5) is 5.82 Å². The number of rotatable bonds is 2. The third-order valence-electron chi connectivity index (χ3n) is 2.19. The van der Waals surface area contributed by atoms with Crippen LogP contribution in [0.5, 0.6) is 0 Å². The number of H-pyrrole nitrogens is 1. The molecule has 5 heteroatoms. The zero-order valence-electron chi connectivity index (χ0n) is 9.23. The molecule has 17 heavy (non-hydrogen) atoms. The smallest absolute Gasteiger partial charge is 0.262 e. The maximum absolute atomic E-state index is 11.8. The molecule has 0 aliphatic rings. The average Bonchev–Trinajstić information content (AvgIpc) is 2.29. The van der Waals surface area contributed by atoms with Crippen LogP contribution in [-0.2, 0) is 0 Å². The van der Waals surface area contributed by atoms with Gasteiger partial charge in [0, 0.05) is 11.9 Å². The minimum Gasteiger partial charge on any atom is -0.328 e. The largest absolute Gasteiger partial charge is 0.328 e. The van der Waals surface area contributed by atoms with Gasteiger partial charge in [-0.3, -0.25) is 9.59 Å². The minimum absolute atomic E-state index is 0.0656. The Morgan fingerprint density at radius 2 is 2.12 bits per heavy atom. The Labute approximate surface area is 97.5 Å². The lowest BCUT2D eigenvalue weighted by molar-refractivity contribution is 0.102. The van der Waals surface area contributed by atoms with Gasteiger partial charge in [-0.2, -0.15) is 0 Å². The second kappa shape index (κ2) is 4.61. The van der Waals surface area contributed by atoms with Crippen molar-refractivity contribution in [2.75, 3.05) is 5.32 Å².